The molecule has 28 heavy (non-hydrogen) atoms. The summed E-state index contributed by atoms with van der Waals surface area (Å²) in [4.78, 5) is 27.2. The number of hydrogen-bond donors (Lipinski definition) is 2. The quantitative estimate of drug-likeness (QED) is 0.572. The predicted octanol–water partition coefficient (Wildman–Crippen LogP) is 4.52. The third-order valence-corrected chi connectivity index (χ3v) is 5.98. The van der Waals surface area contributed by atoms with Gasteiger partial charge >= 0.3 is 0 Å². The Morgan fingerprint density at radius 3 is 2.57 bits per heavy atom. The van der Waals surface area contributed by atoms with Gasteiger partial charge in [0.25, 0.3) is 0 Å². The average molecular weight is 466 g/mol. The topological polar surface area (TPSA) is 61.4 Å². The van der Waals surface area contributed by atoms with E-state index in [4.69, 9.17) is 0 Å². The second-order valence-corrected chi connectivity index (χ2v) is 9.69. The van der Waals surface area contributed by atoms with Gasteiger partial charge in [0, 0.05) is 37.1 Å². The zero-order valence-electron chi connectivity index (χ0n) is 16.8. The molecule has 0 aliphatic rings. The van der Waals surface area contributed by atoms with Crippen LogP contribution >= 0.6 is 27.3 Å². The van der Waals surface area contributed by atoms with E-state index in [-0.39, 0.29) is 18.4 Å². The third-order valence-electron chi connectivity index (χ3n) is 4.37. The first-order chi connectivity index (χ1) is 13.3. The monoisotopic (exact) mass is 465 g/mol. The minimum atomic E-state index is -0.0650. The third kappa shape index (κ3) is 7.04. The lowest BCUT2D eigenvalue weighted by Gasteiger charge is -2.22. The van der Waals surface area contributed by atoms with Crippen LogP contribution in [-0.4, -0.2) is 36.3 Å². The summed E-state index contributed by atoms with van der Waals surface area (Å²) in [6.07, 6.45) is 0. The molecular weight excluding hydrogens is 438 g/mol. The molecule has 2 N–H and O–H groups in total. The van der Waals surface area contributed by atoms with Crippen molar-refractivity contribution in [2.24, 2.45) is 0 Å². The number of nitrogens with one attached hydrogen (secondary N) is 2. The van der Waals surface area contributed by atoms with E-state index in [9.17, 15) is 9.59 Å². The van der Waals surface area contributed by atoms with Crippen LogP contribution in [0, 0.1) is 6.92 Å². The van der Waals surface area contributed by atoms with Crippen molar-refractivity contribution < 1.29 is 9.59 Å². The summed E-state index contributed by atoms with van der Waals surface area (Å²) in [7, 11) is 0. The largest absolute Gasteiger partial charge is 0.355 e. The fourth-order valence-electron chi connectivity index (χ4n) is 2.99. The van der Waals surface area contributed by atoms with E-state index < -0.39 is 0 Å². The molecule has 0 fully saturated rings. The molecule has 2 rings (SSSR count). The van der Waals surface area contributed by atoms with Crippen molar-refractivity contribution >= 4 is 44.8 Å². The molecule has 152 valence electrons. The van der Waals surface area contributed by atoms with Crippen LogP contribution in [-0.2, 0) is 16.1 Å². The molecular formula is C21H28BrN3O2S. The van der Waals surface area contributed by atoms with E-state index in [1.165, 1.54) is 11.8 Å². The van der Waals surface area contributed by atoms with E-state index in [1.54, 1.807) is 11.3 Å². The first-order valence-electron chi connectivity index (χ1n) is 9.36. The van der Waals surface area contributed by atoms with Gasteiger partial charge < -0.3 is 10.6 Å². The number of anilines is 1. The second-order valence-electron chi connectivity index (χ2n) is 7.14. The second kappa shape index (κ2) is 10.7. The van der Waals surface area contributed by atoms with Crippen LogP contribution in [0.2, 0.25) is 0 Å². The van der Waals surface area contributed by atoms with Crippen molar-refractivity contribution in [2.75, 3.05) is 25.0 Å². The number of halogens is 1. The summed E-state index contributed by atoms with van der Waals surface area (Å²) in [5.41, 5.74) is 3.11. The van der Waals surface area contributed by atoms with Gasteiger partial charge in [0.05, 0.1) is 10.3 Å². The molecule has 0 aliphatic heterocycles. The molecule has 0 saturated heterocycles. The molecule has 0 bridgehead atoms. The van der Waals surface area contributed by atoms with Crippen LogP contribution in [0.1, 0.15) is 42.7 Å². The average Bonchev–Trinajstić information content (AvgIpc) is 3.00. The maximum Gasteiger partial charge on any atom is 0.238 e. The highest BCUT2D eigenvalue weighted by Gasteiger charge is 2.16. The number of rotatable bonds is 9. The summed E-state index contributed by atoms with van der Waals surface area (Å²) in [6, 6.07) is 10.2. The van der Waals surface area contributed by atoms with Gasteiger partial charge in [-0.2, -0.15) is 0 Å². The van der Waals surface area contributed by atoms with Gasteiger partial charge in [-0.15, -0.1) is 11.3 Å². The summed E-state index contributed by atoms with van der Waals surface area (Å²) in [5.74, 6) is 0.217. The Bertz CT molecular complexity index is 820. The highest BCUT2D eigenvalue weighted by molar-refractivity contribution is 9.11. The molecule has 5 nitrogen and oxygen atoms in total. The number of nitrogens with zero attached hydrogens (tertiary/aromatic N) is 1. The molecule has 2 aromatic rings. The first kappa shape index (κ1) is 22.6. The van der Waals surface area contributed by atoms with Crippen LogP contribution in [0.15, 0.2) is 34.1 Å². The summed E-state index contributed by atoms with van der Waals surface area (Å²) in [6.45, 7) is 9.80. The van der Waals surface area contributed by atoms with Gasteiger partial charge in [-0.1, -0.05) is 32.0 Å². The van der Waals surface area contributed by atoms with E-state index in [2.05, 4.69) is 57.4 Å². The molecule has 1 heterocycles. The Labute approximate surface area is 179 Å². The molecule has 2 amide bonds. The Morgan fingerprint density at radius 2 is 1.96 bits per heavy atom. The van der Waals surface area contributed by atoms with Crippen molar-refractivity contribution in [3.8, 4) is 0 Å². The molecule has 0 atom stereocenters. The highest BCUT2D eigenvalue weighted by Crippen LogP contribution is 2.27. The van der Waals surface area contributed by atoms with Crippen molar-refractivity contribution in [3.63, 3.8) is 0 Å². The smallest absolute Gasteiger partial charge is 0.238 e. The number of carbonyl (C=O) groups is 2. The van der Waals surface area contributed by atoms with Gasteiger partial charge in [-0.25, -0.2) is 0 Å². The maximum atomic E-state index is 12.8. The number of para-hydroxylation sites is 1. The zero-order chi connectivity index (χ0) is 20.7. The van der Waals surface area contributed by atoms with Crippen LogP contribution < -0.4 is 10.6 Å². The summed E-state index contributed by atoms with van der Waals surface area (Å²) in [5, 5.41) is 5.91. The van der Waals surface area contributed by atoms with Crippen LogP contribution in [0.25, 0.3) is 0 Å². The summed E-state index contributed by atoms with van der Waals surface area (Å²) >= 11 is 5.13. The van der Waals surface area contributed by atoms with Gasteiger partial charge in [0.1, 0.15) is 0 Å². The van der Waals surface area contributed by atoms with E-state index >= 15 is 0 Å². The lowest BCUT2D eigenvalue weighted by Crippen LogP contribution is -2.38. The number of aryl methyl sites for hydroxylation is 1. The van der Waals surface area contributed by atoms with Crippen molar-refractivity contribution in [3.05, 3.63) is 50.1 Å². The number of amides is 2. The molecule has 1 aromatic carbocycles. The SMILES string of the molecule is CC(=O)NCCN(CC(=O)Nc1c(C)cccc1C(C)C)Cc1ccc(Br)s1. The number of carbonyl (C=O) groups excluding carboxylic acids is 2. The van der Waals surface area contributed by atoms with E-state index in [0.29, 0.717) is 25.6 Å². The minimum Gasteiger partial charge on any atom is -0.355 e. The number of thiophene rings is 1. The van der Waals surface area contributed by atoms with Gasteiger partial charge in [-0.05, 0) is 52.0 Å². The van der Waals surface area contributed by atoms with Gasteiger partial charge in [-0.3, -0.25) is 14.5 Å². The Balaban J connectivity index is 2.07. The van der Waals surface area contributed by atoms with E-state index in [1.807, 2.05) is 25.1 Å². The Morgan fingerprint density at radius 1 is 1.21 bits per heavy atom. The molecule has 0 unspecified atom stereocenters. The fraction of sp³-hybridized carbons (Fsp3) is 0.429. The first-order valence-corrected chi connectivity index (χ1v) is 11.0. The summed E-state index contributed by atoms with van der Waals surface area (Å²) < 4.78 is 1.07. The van der Waals surface area contributed by atoms with Crippen LogP contribution in [0.5, 0.6) is 0 Å². The Hall–Kier alpha value is -1.70. The van der Waals surface area contributed by atoms with Gasteiger partial charge in [0.15, 0.2) is 0 Å². The van der Waals surface area contributed by atoms with Crippen LogP contribution in [0.3, 0.4) is 0 Å². The standard InChI is InChI=1S/C21H28BrN3O2S/c1-14(2)18-7-5-6-15(3)21(18)24-20(27)13-25(11-10-23-16(4)26)12-17-8-9-19(22)28-17/h5-9,14H,10-13H2,1-4H3,(H,23,26)(H,24,27). The minimum absolute atomic E-state index is 0.0466. The zero-order valence-corrected chi connectivity index (χ0v) is 19.2. The Kier molecular flexibility index (Phi) is 8.66. The van der Waals surface area contributed by atoms with E-state index in [0.717, 1.165) is 20.6 Å². The fourth-order valence-corrected chi connectivity index (χ4v) is 4.51. The molecule has 0 aliphatic carbocycles. The molecule has 0 saturated carbocycles. The van der Waals surface area contributed by atoms with Crippen molar-refractivity contribution in [1.82, 2.24) is 10.2 Å². The van der Waals surface area contributed by atoms with Crippen molar-refractivity contribution in [2.45, 2.75) is 40.2 Å². The lowest BCUT2D eigenvalue weighted by molar-refractivity contribution is -0.119. The highest BCUT2D eigenvalue weighted by atomic mass is 79.9. The molecule has 0 radical (unpaired) electrons. The predicted molar refractivity (Wildman–Crippen MR) is 120 cm³/mol. The number of benzene rings is 1. The molecule has 0 spiro atoms. The van der Waals surface area contributed by atoms with Crippen molar-refractivity contribution in [1.29, 1.82) is 0 Å². The molecule has 1 aromatic heterocycles. The van der Waals surface area contributed by atoms with Crippen LogP contribution in [0.4, 0.5) is 5.69 Å². The molecule has 7 heteroatoms. The normalized spacial score (nSPS) is 11.1. The maximum absolute atomic E-state index is 12.8. The van der Waals surface area contributed by atoms with Gasteiger partial charge in [0.2, 0.25) is 11.8 Å². The lowest BCUT2D eigenvalue weighted by atomic mass is 9.98. The number of hydrogen-bond acceptors (Lipinski definition) is 4.